The van der Waals surface area contributed by atoms with Crippen molar-refractivity contribution in [2.45, 2.75) is 4.90 Å². The quantitative estimate of drug-likeness (QED) is 0.664. The average molecular weight is 414 g/mol. The summed E-state index contributed by atoms with van der Waals surface area (Å²) in [4.78, 5) is 12.4. The topological polar surface area (TPSA) is 75.7 Å². The van der Waals surface area contributed by atoms with E-state index in [0.717, 1.165) is 4.31 Å². The highest BCUT2D eigenvalue weighted by Crippen LogP contribution is 2.25. The maximum absolute atomic E-state index is 13.8. The number of sulfonamides is 1. The predicted molar refractivity (Wildman–Crippen MR) is 109 cm³/mol. The van der Waals surface area contributed by atoms with Gasteiger partial charge >= 0.3 is 0 Å². The SMILES string of the molecule is COc1ccc(N(C)S(=O)(=O)c2cccc(C(=O)Nc3ccccc3F)c2)cc1. The molecule has 3 rings (SSSR count). The Morgan fingerprint density at radius 1 is 1.00 bits per heavy atom. The molecule has 0 aromatic heterocycles. The molecule has 0 radical (unpaired) electrons. The van der Waals surface area contributed by atoms with E-state index in [1.54, 1.807) is 30.3 Å². The average Bonchev–Trinajstić information content (AvgIpc) is 2.75. The van der Waals surface area contributed by atoms with Gasteiger partial charge in [-0.2, -0.15) is 0 Å². The Balaban J connectivity index is 1.87. The summed E-state index contributed by atoms with van der Waals surface area (Å²) in [5.41, 5.74) is 0.547. The molecule has 0 saturated carbocycles. The van der Waals surface area contributed by atoms with Gasteiger partial charge in [-0.25, -0.2) is 12.8 Å². The molecule has 0 atom stereocenters. The lowest BCUT2D eigenvalue weighted by molar-refractivity contribution is 0.102. The van der Waals surface area contributed by atoms with Crippen LogP contribution in [0.3, 0.4) is 0 Å². The van der Waals surface area contributed by atoms with Gasteiger partial charge in [0.05, 0.1) is 23.4 Å². The number of nitrogens with zero attached hydrogens (tertiary/aromatic N) is 1. The van der Waals surface area contributed by atoms with Crippen molar-refractivity contribution in [1.82, 2.24) is 0 Å². The van der Waals surface area contributed by atoms with Crippen molar-refractivity contribution >= 4 is 27.3 Å². The Morgan fingerprint density at radius 3 is 2.34 bits per heavy atom. The van der Waals surface area contributed by atoms with Crippen molar-refractivity contribution in [2.75, 3.05) is 23.8 Å². The molecule has 1 amide bonds. The number of halogens is 1. The first-order valence-electron chi connectivity index (χ1n) is 8.62. The Labute approximate surface area is 168 Å². The van der Waals surface area contributed by atoms with Crippen LogP contribution < -0.4 is 14.4 Å². The number of para-hydroxylation sites is 1. The number of amides is 1. The molecule has 3 aromatic carbocycles. The zero-order valence-corrected chi connectivity index (χ0v) is 16.6. The number of nitrogens with one attached hydrogen (secondary N) is 1. The number of carbonyl (C=O) groups excluding carboxylic acids is 1. The summed E-state index contributed by atoms with van der Waals surface area (Å²) in [6.45, 7) is 0. The molecule has 0 bridgehead atoms. The van der Waals surface area contributed by atoms with Crippen molar-refractivity contribution < 1.29 is 22.3 Å². The van der Waals surface area contributed by atoms with Crippen LogP contribution in [0.15, 0.2) is 77.7 Å². The van der Waals surface area contributed by atoms with E-state index >= 15 is 0 Å². The van der Waals surface area contributed by atoms with Gasteiger partial charge in [0.15, 0.2) is 0 Å². The minimum Gasteiger partial charge on any atom is -0.497 e. The minimum atomic E-state index is -3.91. The molecule has 0 heterocycles. The van der Waals surface area contributed by atoms with Crippen molar-refractivity contribution in [1.29, 1.82) is 0 Å². The van der Waals surface area contributed by atoms with Crippen LogP contribution in [0.4, 0.5) is 15.8 Å². The number of rotatable bonds is 6. The highest BCUT2D eigenvalue weighted by molar-refractivity contribution is 7.92. The molecule has 0 saturated heterocycles. The second-order valence-electron chi connectivity index (χ2n) is 6.13. The van der Waals surface area contributed by atoms with Gasteiger partial charge in [0.1, 0.15) is 11.6 Å². The fourth-order valence-electron chi connectivity index (χ4n) is 2.64. The van der Waals surface area contributed by atoms with E-state index in [1.807, 2.05) is 0 Å². The van der Waals surface area contributed by atoms with Gasteiger partial charge < -0.3 is 10.1 Å². The van der Waals surface area contributed by atoms with Crippen LogP contribution in [0.25, 0.3) is 0 Å². The summed E-state index contributed by atoms with van der Waals surface area (Å²) in [6, 6.07) is 17.9. The number of carbonyl (C=O) groups is 1. The molecule has 0 aliphatic heterocycles. The molecule has 1 N–H and O–H groups in total. The maximum Gasteiger partial charge on any atom is 0.264 e. The van der Waals surface area contributed by atoms with Gasteiger partial charge in [-0.3, -0.25) is 9.10 Å². The van der Waals surface area contributed by atoms with Crippen LogP contribution in [-0.2, 0) is 10.0 Å². The normalized spacial score (nSPS) is 11.0. The Bertz CT molecular complexity index is 1130. The minimum absolute atomic E-state index is 0.0149. The number of benzene rings is 3. The second kappa shape index (κ2) is 8.32. The summed E-state index contributed by atoms with van der Waals surface area (Å²) in [5.74, 6) is -0.588. The number of ether oxygens (including phenoxy) is 1. The lowest BCUT2D eigenvalue weighted by Crippen LogP contribution is -2.26. The van der Waals surface area contributed by atoms with Crippen LogP contribution in [0.1, 0.15) is 10.4 Å². The first-order chi connectivity index (χ1) is 13.8. The molecular formula is C21H19FN2O4S. The molecule has 0 unspecified atom stereocenters. The van der Waals surface area contributed by atoms with Crippen molar-refractivity contribution in [3.8, 4) is 5.75 Å². The van der Waals surface area contributed by atoms with Gasteiger partial charge in [-0.15, -0.1) is 0 Å². The van der Waals surface area contributed by atoms with Gasteiger partial charge in [0.25, 0.3) is 15.9 Å². The summed E-state index contributed by atoms with van der Waals surface area (Å²) >= 11 is 0. The van der Waals surface area contributed by atoms with E-state index in [-0.39, 0.29) is 16.1 Å². The van der Waals surface area contributed by atoms with E-state index in [4.69, 9.17) is 4.74 Å². The monoisotopic (exact) mass is 414 g/mol. The van der Waals surface area contributed by atoms with Crippen LogP contribution in [0.5, 0.6) is 5.75 Å². The lowest BCUT2D eigenvalue weighted by atomic mass is 10.2. The first-order valence-corrected chi connectivity index (χ1v) is 10.1. The van der Waals surface area contributed by atoms with Gasteiger partial charge in [0.2, 0.25) is 0 Å². The zero-order chi connectivity index (χ0) is 21.0. The fraction of sp³-hybridized carbons (Fsp3) is 0.0952. The molecule has 0 aliphatic carbocycles. The molecule has 3 aromatic rings. The van der Waals surface area contributed by atoms with Crippen molar-refractivity contribution in [3.63, 3.8) is 0 Å². The van der Waals surface area contributed by atoms with E-state index in [1.165, 1.54) is 56.6 Å². The Hall–Kier alpha value is -3.39. The summed E-state index contributed by atoms with van der Waals surface area (Å²) < 4.78 is 45.9. The van der Waals surface area contributed by atoms with E-state index in [2.05, 4.69) is 5.32 Å². The largest absolute Gasteiger partial charge is 0.497 e. The van der Waals surface area contributed by atoms with Gasteiger partial charge in [-0.1, -0.05) is 18.2 Å². The summed E-state index contributed by atoms with van der Waals surface area (Å²) in [7, 11) is -0.969. The molecule has 0 aliphatic rings. The van der Waals surface area contributed by atoms with E-state index < -0.39 is 21.7 Å². The van der Waals surface area contributed by atoms with E-state index in [9.17, 15) is 17.6 Å². The zero-order valence-electron chi connectivity index (χ0n) is 15.8. The van der Waals surface area contributed by atoms with Crippen LogP contribution >= 0.6 is 0 Å². The third-order valence-corrected chi connectivity index (χ3v) is 6.09. The molecule has 6 nitrogen and oxygen atoms in total. The van der Waals surface area contributed by atoms with E-state index in [0.29, 0.717) is 11.4 Å². The van der Waals surface area contributed by atoms with Gasteiger partial charge in [-0.05, 0) is 54.6 Å². The highest BCUT2D eigenvalue weighted by Gasteiger charge is 2.22. The number of hydrogen-bond acceptors (Lipinski definition) is 4. The molecule has 0 fully saturated rings. The summed E-state index contributed by atoms with van der Waals surface area (Å²) in [5, 5.41) is 2.44. The second-order valence-corrected chi connectivity index (χ2v) is 8.10. The van der Waals surface area contributed by atoms with Crippen LogP contribution in [0.2, 0.25) is 0 Å². The van der Waals surface area contributed by atoms with Gasteiger partial charge in [0, 0.05) is 12.6 Å². The lowest BCUT2D eigenvalue weighted by Gasteiger charge is -2.20. The van der Waals surface area contributed by atoms with Crippen LogP contribution in [-0.4, -0.2) is 28.5 Å². The molecule has 0 spiro atoms. The Morgan fingerprint density at radius 2 is 1.69 bits per heavy atom. The Kier molecular flexibility index (Phi) is 5.84. The predicted octanol–water partition coefficient (Wildman–Crippen LogP) is 3.91. The number of methoxy groups -OCH3 is 1. The smallest absolute Gasteiger partial charge is 0.264 e. The third-order valence-electron chi connectivity index (χ3n) is 4.31. The third kappa shape index (κ3) is 4.38. The first kappa shape index (κ1) is 20.3. The fourth-order valence-corrected chi connectivity index (χ4v) is 3.89. The van der Waals surface area contributed by atoms with Crippen molar-refractivity contribution in [2.24, 2.45) is 0 Å². The number of anilines is 2. The number of hydrogen-bond donors (Lipinski definition) is 1. The standard InChI is InChI=1S/C21H19FN2O4S/c1-24(16-10-12-17(28-2)13-11-16)29(26,27)18-7-5-6-15(14-18)21(25)23-20-9-4-3-8-19(20)22/h3-14H,1-2H3,(H,23,25). The maximum atomic E-state index is 13.8. The molecule has 150 valence electrons. The molecule has 8 heteroatoms. The molecule has 29 heavy (non-hydrogen) atoms. The summed E-state index contributed by atoms with van der Waals surface area (Å²) in [6.07, 6.45) is 0. The molecular weight excluding hydrogens is 395 g/mol. The van der Waals surface area contributed by atoms with Crippen molar-refractivity contribution in [3.05, 3.63) is 84.2 Å². The highest BCUT2D eigenvalue weighted by atomic mass is 32.2. The van der Waals surface area contributed by atoms with Crippen LogP contribution in [0, 0.1) is 5.82 Å².